The molecule has 1 atom stereocenters. The standard InChI is InChI=1S/C11H17NO2/c1-3-5-7-8-10(13)9(6-4-2)12-11(8)14/h8H,3-7H2,1-2H3. The van der Waals surface area contributed by atoms with Gasteiger partial charge in [-0.25, -0.2) is 4.99 Å². The Morgan fingerprint density at radius 2 is 1.93 bits per heavy atom. The third-order valence-electron chi connectivity index (χ3n) is 2.48. The zero-order valence-corrected chi connectivity index (χ0v) is 8.88. The van der Waals surface area contributed by atoms with Crippen LogP contribution in [0.2, 0.25) is 0 Å². The van der Waals surface area contributed by atoms with Gasteiger partial charge in [-0.05, 0) is 12.8 Å². The largest absolute Gasteiger partial charge is 0.292 e. The van der Waals surface area contributed by atoms with Crippen LogP contribution in [-0.2, 0) is 9.59 Å². The van der Waals surface area contributed by atoms with Gasteiger partial charge >= 0.3 is 0 Å². The maximum absolute atomic E-state index is 11.7. The summed E-state index contributed by atoms with van der Waals surface area (Å²) < 4.78 is 0. The fourth-order valence-electron chi connectivity index (χ4n) is 1.66. The van der Waals surface area contributed by atoms with E-state index in [1.165, 1.54) is 0 Å². The number of rotatable bonds is 5. The van der Waals surface area contributed by atoms with Crippen LogP contribution in [0.5, 0.6) is 0 Å². The number of ketones is 1. The van der Waals surface area contributed by atoms with Crippen LogP contribution in [0.25, 0.3) is 0 Å². The number of aliphatic imine (C=N–C) groups is 1. The number of Topliss-reactive ketones (excluding diaryl/α,β-unsaturated/α-hetero) is 1. The summed E-state index contributed by atoms with van der Waals surface area (Å²) in [6.45, 7) is 4.04. The molecule has 0 aromatic carbocycles. The lowest BCUT2D eigenvalue weighted by atomic mass is 9.95. The quantitative estimate of drug-likeness (QED) is 0.631. The van der Waals surface area contributed by atoms with Crippen molar-refractivity contribution in [3.63, 3.8) is 0 Å². The second-order valence-electron chi connectivity index (χ2n) is 3.71. The Bertz CT molecular complexity index is 268. The van der Waals surface area contributed by atoms with Gasteiger partial charge in [-0.15, -0.1) is 0 Å². The van der Waals surface area contributed by atoms with E-state index in [1.807, 2.05) is 6.92 Å². The first-order valence-electron chi connectivity index (χ1n) is 5.36. The molecule has 1 unspecified atom stereocenters. The summed E-state index contributed by atoms with van der Waals surface area (Å²) in [6.07, 6.45) is 4.13. The molecule has 78 valence electrons. The van der Waals surface area contributed by atoms with Crippen LogP contribution in [0, 0.1) is 5.92 Å². The normalized spacial score (nSPS) is 21.6. The molecule has 0 N–H and O–H groups in total. The number of amides is 1. The molecule has 14 heavy (non-hydrogen) atoms. The fourth-order valence-corrected chi connectivity index (χ4v) is 1.66. The van der Waals surface area contributed by atoms with Gasteiger partial charge in [0.25, 0.3) is 5.91 Å². The monoisotopic (exact) mass is 195 g/mol. The van der Waals surface area contributed by atoms with Crippen molar-refractivity contribution in [2.75, 3.05) is 0 Å². The molecule has 0 saturated carbocycles. The van der Waals surface area contributed by atoms with Crippen molar-refractivity contribution in [1.29, 1.82) is 0 Å². The van der Waals surface area contributed by atoms with Gasteiger partial charge in [0.1, 0.15) is 5.92 Å². The lowest BCUT2D eigenvalue weighted by molar-refractivity contribution is -0.127. The fraction of sp³-hybridized carbons (Fsp3) is 0.727. The van der Waals surface area contributed by atoms with Crippen molar-refractivity contribution in [2.45, 2.75) is 46.0 Å². The molecule has 1 heterocycles. The molecule has 0 saturated heterocycles. The summed E-state index contributed by atoms with van der Waals surface area (Å²) in [5.74, 6) is -0.686. The van der Waals surface area contributed by atoms with Gasteiger partial charge in [0.05, 0.1) is 5.71 Å². The number of carbonyl (C=O) groups excluding carboxylic acids is 2. The van der Waals surface area contributed by atoms with Crippen LogP contribution in [0.3, 0.4) is 0 Å². The third-order valence-corrected chi connectivity index (χ3v) is 2.48. The van der Waals surface area contributed by atoms with Gasteiger partial charge in [-0.2, -0.15) is 0 Å². The second kappa shape index (κ2) is 5.03. The Labute approximate surface area is 84.6 Å². The molecule has 0 aromatic heterocycles. The molecule has 3 heteroatoms. The minimum absolute atomic E-state index is 0.0229. The molecular weight excluding hydrogens is 178 g/mol. The second-order valence-corrected chi connectivity index (χ2v) is 3.71. The smallest absolute Gasteiger partial charge is 0.257 e. The first-order valence-corrected chi connectivity index (χ1v) is 5.36. The summed E-state index contributed by atoms with van der Waals surface area (Å²) in [5.41, 5.74) is 0.499. The Kier molecular flexibility index (Phi) is 3.98. The van der Waals surface area contributed by atoms with E-state index in [-0.39, 0.29) is 11.7 Å². The molecule has 0 fully saturated rings. The number of nitrogens with zero attached hydrogens (tertiary/aromatic N) is 1. The molecule has 0 aliphatic carbocycles. The van der Waals surface area contributed by atoms with Crippen molar-refractivity contribution < 1.29 is 9.59 Å². The third kappa shape index (κ3) is 2.28. The Balaban J connectivity index is 2.59. The van der Waals surface area contributed by atoms with E-state index in [1.54, 1.807) is 0 Å². The van der Waals surface area contributed by atoms with E-state index >= 15 is 0 Å². The van der Waals surface area contributed by atoms with Gasteiger partial charge < -0.3 is 0 Å². The van der Waals surface area contributed by atoms with Gasteiger partial charge in [-0.3, -0.25) is 9.59 Å². The number of carbonyl (C=O) groups is 2. The molecular formula is C11H17NO2. The molecule has 3 nitrogen and oxygen atoms in total. The van der Waals surface area contributed by atoms with Crippen LogP contribution < -0.4 is 0 Å². The van der Waals surface area contributed by atoms with E-state index in [2.05, 4.69) is 11.9 Å². The Hall–Kier alpha value is -0.990. The van der Waals surface area contributed by atoms with Crippen molar-refractivity contribution in [3.05, 3.63) is 0 Å². The van der Waals surface area contributed by atoms with Crippen LogP contribution in [-0.4, -0.2) is 17.4 Å². The van der Waals surface area contributed by atoms with Crippen molar-refractivity contribution in [3.8, 4) is 0 Å². The maximum Gasteiger partial charge on any atom is 0.257 e. The van der Waals surface area contributed by atoms with Crippen LogP contribution >= 0.6 is 0 Å². The minimum Gasteiger partial charge on any atom is -0.292 e. The van der Waals surface area contributed by atoms with Gasteiger partial charge in [0.2, 0.25) is 0 Å². The highest BCUT2D eigenvalue weighted by molar-refractivity contribution is 6.49. The topological polar surface area (TPSA) is 46.5 Å². The molecule has 0 spiro atoms. The summed E-state index contributed by atoms with van der Waals surface area (Å²) in [7, 11) is 0. The SMILES string of the molecule is CCCCC1C(=O)N=C(CCC)C1=O. The Morgan fingerprint density at radius 3 is 2.50 bits per heavy atom. The van der Waals surface area contributed by atoms with Crippen LogP contribution in [0.15, 0.2) is 4.99 Å². The minimum atomic E-state index is -0.448. The summed E-state index contributed by atoms with van der Waals surface area (Å²) >= 11 is 0. The van der Waals surface area contributed by atoms with Gasteiger partial charge in [-0.1, -0.05) is 33.1 Å². The van der Waals surface area contributed by atoms with E-state index in [0.717, 1.165) is 19.3 Å². The van der Waals surface area contributed by atoms with Gasteiger partial charge in [0, 0.05) is 0 Å². The highest BCUT2D eigenvalue weighted by Crippen LogP contribution is 2.20. The molecule has 1 rings (SSSR count). The zero-order valence-electron chi connectivity index (χ0n) is 8.88. The van der Waals surface area contributed by atoms with Crippen molar-refractivity contribution in [2.24, 2.45) is 10.9 Å². The van der Waals surface area contributed by atoms with Crippen LogP contribution in [0.4, 0.5) is 0 Å². The van der Waals surface area contributed by atoms with E-state index in [0.29, 0.717) is 18.6 Å². The highest BCUT2D eigenvalue weighted by atomic mass is 16.2. The lowest BCUT2D eigenvalue weighted by Gasteiger charge is -2.03. The highest BCUT2D eigenvalue weighted by Gasteiger charge is 2.34. The van der Waals surface area contributed by atoms with E-state index < -0.39 is 5.92 Å². The molecule has 1 aliphatic heterocycles. The average Bonchev–Trinajstić information content (AvgIpc) is 2.41. The molecule has 0 aromatic rings. The zero-order chi connectivity index (χ0) is 10.6. The first-order chi connectivity index (χ1) is 6.70. The van der Waals surface area contributed by atoms with Gasteiger partial charge in [0.15, 0.2) is 5.78 Å². The number of unbranched alkanes of at least 4 members (excludes halogenated alkanes) is 1. The number of hydrogen-bond acceptors (Lipinski definition) is 2. The van der Waals surface area contributed by atoms with E-state index in [9.17, 15) is 9.59 Å². The van der Waals surface area contributed by atoms with Crippen molar-refractivity contribution >= 4 is 17.4 Å². The predicted octanol–water partition coefficient (Wildman–Crippen LogP) is 2.14. The molecule has 1 aliphatic rings. The molecule has 1 amide bonds. The van der Waals surface area contributed by atoms with Crippen molar-refractivity contribution in [1.82, 2.24) is 0 Å². The predicted molar refractivity (Wildman–Crippen MR) is 55.4 cm³/mol. The molecule has 0 bridgehead atoms. The van der Waals surface area contributed by atoms with E-state index in [4.69, 9.17) is 0 Å². The average molecular weight is 195 g/mol. The summed E-state index contributed by atoms with van der Waals surface area (Å²) in [4.78, 5) is 26.8. The van der Waals surface area contributed by atoms with Crippen LogP contribution in [0.1, 0.15) is 46.0 Å². The number of hydrogen-bond donors (Lipinski definition) is 0. The summed E-state index contributed by atoms with van der Waals surface area (Å²) in [6, 6.07) is 0. The molecule has 0 radical (unpaired) electrons. The maximum atomic E-state index is 11.7. The summed E-state index contributed by atoms with van der Waals surface area (Å²) in [5, 5.41) is 0. The lowest BCUT2D eigenvalue weighted by Crippen LogP contribution is -2.20. The Morgan fingerprint density at radius 1 is 1.21 bits per heavy atom. The first kappa shape index (κ1) is 11.1.